The van der Waals surface area contributed by atoms with Gasteiger partial charge in [-0.3, -0.25) is 14.5 Å². The van der Waals surface area contributed by atoms with Gasteiger partial charge >= 0.3 is 6.18 Å². The monoisotopic (exact) mass is 482 g/mol. The number of nitrogens with zero attached hydrogens (tertiary/aromatic N) is 4. The molecule has 1 aromatic heterocycles. The van der Waals surface area contributed by atoms with E-state index in [9.17, 15) is 27.6 Å². The number of alkyl halides is 3. The summed E-state index contributed by atoms with van der Waals surface area (Å²) >= 11 is 6.32. The van der Waals surface area contributed by atoms with Gasteiger partial charge in [0.25, 0.3) is 0 Å². The lowest BCUT2D eigenvalue weighted by molar-refractivity contribution is -0.137. The fourth-order valence-corrected chi connectivity index (χ4v) is 4.15. The van der Waals surface area contributed by atoms with E-state index < -0.39 is 29.6 Å². The van der Waals surface area contributed by atoms with E-state index in [4.69, 9.17) is 11.6 Å². The third kappa shape index (κ3) is 4.95. The third-order valence-electron chi connectivity index (χ3n) is 5.40. The molecule has 2 amide bonds. The molecule has 1 aliphatic rings. The predicted octanol–water partition coefficient (Wildman–Crippen LogP) is 3.86. The summed E-state index contributed by atoms with van der Waals surface area (Å²) in [7, 11) is 3.12. The van der Waals surface area contributed by atoms with E-state index in [-0.39, 0.29) is 30.9 Å². The van der Waals surface area contributed by atoms with Crippen LogP contribution in [0.5, 0.6) is 0 Å². The largest absolute Gasteiger partial charge is 0.416 e. The lowest BCUT2D eigenvalue weighted by Gasteiger charge is -2.31. The molecular formula is C22H22ClF3N4O3. The first-order valence-electron chi connectivity index (χ1n) is 10.0. The molecule has 33 heavy (non-hydrogen) atoms. The Kier molecular flexibility index (Phi) is 6.97. The fourth-order valence-electron chi connectivity index (χ4n) is 3.84. The normalized spacial score (nSPS) is 16.2. The first-order chi connectivity index (χ1) is 15.5. The van der Waals surface area contributed by atoms with E-state index in [1.165, 1.54) is 18.9 Å². The summed E-state index contributed by atoms with van der Waals surface area (Å²) in [6.07, 6.45) is -3.82. The van der Waals surface area contributed by atoms with Crippen molar-refractivity contribution in [1.82, 2.24) is 4.98 Å². The number of likely N-dealkylation sites (N-methyl/N-ethyl adjacent to an activating group) is 2. The lowest BCUT2D eigenvalue weighted by Crippen LogP contribution is -2.46. The molecule has 1 atom stereocenters. The minimum atomic E-state index is -4.62. The first-order valence-corrected chi connectivity index (χ1v) is 10.4. The molecule has 1 fully saturated rings. The zero-order chi connectivity index (χ0) is 24.5. The highest BCUT2D eigenvalue weighted by Gasteiger charge is 2.41. The number of para-hydroxylation sites is 1. The highest BCUT2D eigenvalue weighted by molar-refractivity contribution is 6.34. The molecule has 7 nitrogen and oxygen atoms in total. The van der Waals surface area contributed by atoms with Crippen LogP contribution >= 0.6 is 11.6 Å². The molecular weight excluding hydrogens is 461 g/mol. The topological polar surface area (TPSA) is 73.8 Å². The van der Waals surface area contributed by atoms with Gasteiger partial charge in [-0.2, -0.15) is 13.2 Å². The quantitative estimate of drug-likeness (QED) is 0.585. The second-order valence-electron chi connectivity index (χ2n) is 7.72. The number of amides is 2. The third-order valence-corrected chi connectivity index (χ3v) is 5.70. The number of aldehydes is 1. The highest BCUT2D eigenvalue weighted by atomic mass is 35.5. The predicted molar refractivity (Wildman–Crippen MR) is 119 cm³/mol. The molecule has 0 N–H and O–H groups in total. The van der Waals surface area contributed by atoms with Crippen molar-refractivity contribution in [2.75, 3.05) is 35.3 Å². The average Bonchev–Trinajstić information content (AvgIpc) is 3.12. The molecule has 0 bridgehead atoms. The number of carbonyl (C=O) groups excluding carboxylic acids is 3. The Morgan fingerprint density at radius 2 is 2.00 bits per heavy atom. The van der Waals surface area contributed by atoms with Crippen molar-refractivity contribution in [3.05, 3.63) is 46.6 Å². The lowest BCUT2D eigenvalue weighted by atomic mass is 10.1. The van der Waals surface area contributed by atoms with Crippen LogP contribution in [0, 0.1) is 6.92 Å². The molecule has 3 rings (SSSR count). The maximum Gasteiger partial charge on any atom is 0.416 e. The number of hydrogen-bond acceptors (Lipinski definition) is 5. The molecule has 0 aliphatic carbocycles. The van der Waals surface area contributed by atoms with Crippen LogP contribution in [0.4, 0.5) is 30.4 Å². The van der Waals surface area contributed by atoms with Gasteiger partial charge in [-0.15, -0.1) is 0 Å². The van der Waals surface area contributed by atoms with Crippen LogP contribution in [0.1, 0.15) is 24.1 Å². The van der Waals surface area contributed by atoms with Gasteiger partial charge in [0.15, 0.2) is 0 Å². The number of halogens is 4. The van der Waals surface area contributed by atoms with Gasteiger partial charge in [-0.1, -0.05) is 17.7 Å². The van der Waals surface area contributed by atoms with Crippen LogP contribution in [0.2, 0.25) is 5.02 Å². The van der Waals surface area contributed by atoms with Crippen LogP contribution in [-0.4, -0.2) is 49.8 Å². The highest BCUT2D eigenvalue weighted by Crippen LogP contribution is 2.38. The Morgan fingerprint density at radius 3 is 2.64 bits per heavy atom. The second kappa shape index (κ2) is 9.38. The van der Waals surface area contributed by atoms with E-state index in [1.54, 1.807) is 30.1 Å². The van der Waals surface area contributed by atoms with Gasteiger partial charge in [0.1, 0.15) is 18.1 Å². The van der Waals surface area contributed by atoms with Gasteiger partial charge in [0, 0.05) is 26.2 Å². The van der Waals surface area contributed by atoms with Crippen LogP contribution in [0.3, 0.4) is 0 Å². The van der Waals surface area contributed by atoms with Gasteiger partial charge < -0.3 is 14.6 Å². The zero-order valence-corrected chi connectivity index (χ0v) is 18.9. The molecule has 0 spiro atoms. The van der Waals surface area contributed by atoms with Crippen LogP contribution in [-0.2, 0) is 20.6 Å². The summed E-state index contributed by atoms with van der Waals surface area (Å²) in [5, 5.41) is 0.311. The van der Waals surface area contributed by atoms with E-state index in [0.29, 0.717) is 22.7 Å². The first kappa shape index (κ1) is 24.5. The van der Waals surface area contributed by atoms with Crippen molar-refractivity contribution < 1.29 is 27.6 Å². The summed E-state index contributed by atoms with van der Waals surface area (Å²) < 4.78 is 39.9. The summed E-state index contributed by atoms with van der Waals surface area (Å²) in [4.78, 5) is 45.0. The number of aryl methyl sites for hydroxylation is 1. The van der Waals surface area contributed by atoms with E-state index in [0.717, 1.165) is 17.0 Å². The molecule has 1 saturated heterocycles. The van der Waals surface area contributed by atoms with E-state index in [2.05, 4.69) is 4.98 Å². The molecule has 1 aliphatic heterocycles. The molecule has 2 heterocycles. The van der Waals surface area contributed by atoms with Crippen molar-refractivity contribution in [3.8, 4) is 0 Å². The van der Waals surface area contributed by atoms with Crippen LogP contribution < -0.4 is 14.7 Å². The minimum Gasteiger partial charge on any atom is -0.365 e. The Hall–Kier alpha value is -3.14. The molecule has 0 radical (unpaired) electrons. The van der Waals surface area contributed by atoms with Gasteiger partial charge in [0.2, 0.25) is 11.8 Å². The van der Waals surface area contributed by atoms with Gasteiger partial charge in [0.05, 0.1) is 28.5 Å². The van der Waals surface area contributed by atoms with E-state index in [1.807, 2.05) is 0 Å². The molecule has 0 saturated carbocycles. The number of pyridine rings is 1. The number of benzene rings is 1. The maximum atomic E-state index is 13.4. The summed E-state index contributed by atoms with van der Waals surface area (Å²) in [6.45, 7) is 1.42. The minimum absolute atomic E-state index is 0.00529. The number of aromatic nitrogens is 1. The second-order valence-corrected chi connectivity index (χ2v) is 8.13. The number of carbonyl (C=O) groups is 3. The van der Waals surface area contributed by atoms with Gasteiger partial charge in [-0.05, 0) is 37.6 Å². The maximum absolute atomic E-state index is 13.4. The van der Waals surface area contributed by atoms with Gasteiger partial charge in [-0.25, -0.2) is 4.98 Å². The Labute approximate surface area is 193 Å². The van der Waals surface area contributed by atoms with Crippen molar-refractivity contribution >= 4 is 46.9 Å². The number of hydrogen-bond donors (Lipinski definition) is 0. The smallest absolute Gasteiger partial charge is 0.365 e. The Morgan fingerprint density at radius 1 is 1.30 bits per heavy atom. The fraction of sp³-hybridized carbons (Fsp3) is 0.364. The summed E-state index contributed by atoms with van der Waals surface area (Å²) in [5.41, 5.74) is -0.0427. The molecule has 2 aromatic rings. The van der Waals surface area contributed by atoms with Crippen LogP contribution in [0.15, 0.2) is 30.3 Å². The molecule has 176 valence electrons. The van der Waals surface area contributed by atoms with Crippen molar-refractivity contribution in [2.45, 2.75) is 32.0 Å². The molecule has 11 heteroatoms. The number of rotatable bonds is 6. The van der Waals surface area contributed by atoms with Crippen molar-refractivity contribution in [3.63, 3.8) is 0 Å². The summed E-state index contributed by atoms with van der Waals surface area (Å²) in [6, 6.07) is 5.50. The molecule has 1 aromatic carbocycles. The zero-order valence-electron chi connectivity index (χ0n) is 18.2. The number of anilines is 3. The van der Waals surface area contributed by atoms with E-state index >= 15 is 0 Å². The standard InChI is InChI=1S/C22H22ClF3N4O3/c1-13-11-14(22(24,25)26)12-18(27-13)30-17(7-8-19(30)32)21(33)29(3)16-6-4-5-15(23)20(16)28(2)9-10-31/h4-6,10-12,17H,7-9H2,1-3H3/t17-/m0/s1. The van der Waals surface area contributed by atoms with Crippen molar-refractivity contribution in [2.24, 2.45) is 0 Å². The Bertz CT molecular complexity index is 1090. The SMILES string of the molecule is Cc1cc(C(F)(F)F)cc(N2C(=O)CC[C@H]2C(=O)N(C)c2cccc(Cl)c2N(C)CC=O)n1. The van der Waals surface area contributed by atoms with Crippen molar-refractivity contribution in [1.29, 1.82) is 0 Å². The molecule has 0 unspecified atom stereocenters. The summed E-state index contributed by atoms with van der Waals surface area (Å²) in [5.74, 6) is -1.22. The average molecular weight is 483 g/mol. The van der Waals surface area contributed by atoms with Crippen LogP contribution in [0.25, 0.3) is 0 Å². The Balaban J connectivity index is 2.00.